The number of benzene rings is 1. The number of nitrogens with zero attached hydrogens (tertiary/aromatic N) is 1. The maximum atomic E-state index is 10.7. The summed E-state index contributed by atoms with van der Waals surface area (Å²) in [5, 5.41) is 8.78. The molecule has 0 unspecified atom stereocenters. The SMILES string of the molecule is CCCN(CC(=O)O)c1ccccc1N. The van der Waals surface area contributed by atoms with Gasteiger partial charge >= 0.3 is 5.97 Å². The lowest BCUT2D eigenvalue weighted by Crippen LogP contribution is -2.30. The smallest absolute Gasteiger partial charge is 0.323 e. The molecule has 0 heterocycles. The van der Waals surface area contributed by atoms with Gasteiger partial charge in [0.05, 0.1) is 11.4 Å². The van der Waals surface area contributed by atoms with Crippen molar-refractivity contribution in [2.24, 2.45) is 0 Å². The quantitative estimate of drug-likeness (QED) is 0.721. The molecule has 0 fully saturated rings. The van der Waals surface area contributed by atoms with Crippen LogP contribution in [0.5, 0.6) is 0 Å². The molecule has 1 aromatic rings. The van der Waals surface area contributed by atoms with Crippen LogP contribution in [-0.4, -0.2) is 24.2 Å². The van der Waals surface area contributed by atoms with Crippen molar-refractivity contribution in [2.75, 3.05) is 23.7 Å². The minimum Gasteiger partial charge on any atom is -0.480 e. The second kappa shape index (κ2) is 5.24. The summed E-state index contributed by atoms with van der Waals surface area (Å²) in [5.74, 6) is -0.841. The van der Waals surface area contributed by atoms with Crippen LogP contribution in [0.4, 0.5) is 11.4 Å². The standard InChI is InChI=1S/C11H16N2O2/c1-2-7-13(8-11(14)15)10-6-4-3-5-9(10)12/h3-6H,2,7-8,12H2,1H3,(H,14,15). The Morgan fingerprint density at radius 3 is 2.67 bits per heavy atom. The number of nitrogens with two attached hydrogens (primary N) is 1. The summed E-state index contributed by atoms with van der Waals surface area (Å²) in [6.45, 7) is 2.69. The lowest BCUT2D eigenvalue weighted by molar-refractivity contribution is -0.135. The molecule has 4 nitrogen and oxygen atoms in total. The highest BCUT2D eigenvalue weighted by Crippen LogP contribution is 2.22. The Hall–Kier alpha value is -1.71. The highest BCUT2D eigenvalue weighted by molar-refractivity contribution is 5.77. The summed E-state index contributed by atoms with van der Waals surface area (Å²) in [4.78, 5) is 12.5. The minimum atomic E-state index is -0.841. The normalized spacial score (nSPS) is 9.93. The highest BCUT2D eigenvalue weighted by atomic mass is 16.4. The number of nitrogen functional groups attached to an aromatic ring is 1. The molecule has 3 N–H and O–H groups in total. The molecule has 0 amide bonds. The van der Waals surface area contributed by atoms with Gasteiger partial charge in [-0.25, -0.2) is 0 Å². The van der Waals surface area contributed by atoms with Gasteiger partial charge in [-0.15, -0.1) is 0 Å². The van der Waals surface area contributed by atoms with Gasteiger partial charge in [-0.05, 0) is 18.6 Å². The largest absolute Gasteiger partial charge is 0.480 e. The molecule has 0 spiro atoms. The van der Waals surface area contributed by atoms with Crippen LogP contribution >= 0.6 is 0 Å². The Balaban J connectivity index is 2.88. The van der Waals surface area contributed by atoms with Gasteiger partial charge in [0.2, 0.25) is 0 Å². The first-order valence-electron chi connectivity index (χ1n) is 4.96. The molecule has 82 valence electrons. The van der Waals surface area contributed by atoms with E-state index < -0.39 is 5.97 Å². The number of aliphatic carboxylic acids is 1. The molecule has 0 aliphatic rings. The summed E-state index contributed by atoms with van der Waals surface area (Å²) in [6.07, 6.45) is 0.890. The van der Waals surface area contributed by atoms with E-state index in [1.807, 2.05) is 25.1 Å². The van der Waals surface area contributed by atoms with E-state index in [0.29, 0.717) is 12.2 Å². The van der Waals surface area contributed by atoms with Crippen molar-refractivity contribution in [1.82, 2.24) is 0 Å². The molecule has 4 heteroatoms. The van der Waals surface area contributed by atoms with E-state index in [4.69, 9.17) is 10.8 Å². The zero-order valence-electron chi connectivity index (χ0n) is 8.81. The Bertz CT molecular complexity index is 339. The maximum absolute atomic E-state index is 10.7. The Labute approximate surface area is 89.3 Å². The van der Waals surface area contributed by atoms with Crippen LogP contribution in [0, 0.1) is 0 Å². The Kier molecular flexibility index (Phi) is 3.97. The van der Waals surface area contributed by atoms with Crippen LogP contribution in [-0.2, 0) is 4.79 Å². The van der Waals surface area contributed by atoms with E-state index in [2.05, 4.69) is 0 Å². The van der Waals surface area contributed by atoms with Crippen molar-refractivity contribution in [3.63, 3.8) is 0 Å². The third kappa shape index (κ3) is 3.16. The number of carbonyl (C=O) groups is 1. The molecule has 0 atom stereocenters. The second-order valence-electron chi connectivity index (χ2n) is 3.37. The van der Waals surface area contributed by atoms with Gasteiger partial charge in [0.15, 0.2) is 0 Å². The van der Waals surface area contributed by atoms with Crippen molar-refractivity contribution in [3.8, 4) is 0 Å². The number of carboxylic acid groups (broad SMARTS) is 1. The van der Waals surface area contributed by atoms with E-state index in [9.17, 15) is 4.79 Å². The number of rotatable bonds is 5. The summed E-state index contributed by atoms with van der Waals surface area (Å²) in [5.41, 5.74) is 7.20. The van der Waals surface area contributed by atoms with Crippen molar-refractivity contribution in [2.45, 2.75) is 13.3 Å². The maximum Gasteiger partial charge on any atom is 0.323 e. The fraction of sp³-hybridized carbons (Fsp3) is 0.364. The molecule has 1 rings (SSSR count). The van der Waals surface area contributed by atoms with Crippen molar-refractivity contribution in [3.05, 3.63) is 24.3 Å². The van der Waals surface area contributed by atoms with Gasteiger partial charge in [0.25, 0.3) is 0 Å². The molecule has 1 aromatic carbocycles. The fourth-order valence-electron chi connectivity index (χ4n) is 1.49. The zero-order chi connectivity index (χ0) is 11.3. The number of carboxylic acids is 1. The molecule has 0 aliphatic carbocycles. The van der Waals surface area contributed by atoms with Crippen molar-refractivity contribution >= 4 is 17.3 Å². The minimum absolute atomic E-state index is 0.0119. The van der Waals surface area contributed by atoms with Crippen LogP contribution in [0.3, 0.4) is 0 Å². The zero-order valence-corrected chi connectivity index (χ0v) is 8.81. The van der Waals surface area contributed by atoms with Crippen LogP contribution in [0.2, 0.25) is 0 Å². The van der Waals surface area contributed by atoms with Gasteiger partial charge < -0.3 is 15.7 Å². The lowest BCUT2D eigenvalue weighted by Gasteiger charge is -2.23. The monoisotopic (exact) mass is 208 g/mol. The molecule has 0 saturated heterocycles. The van der Waals surface area contributed by atoms with Gasteiger partial charge in [-0.1, -0.05) is 19.1 Å². The Morgan fingerprint density at radius 2 is 2.13 bits per heavy atom. The molecule has 15 heavy (non-hydrogen) atoms. The van der Waals surface area contributed by atoms with E-state index in [-0.39, 0.29) is 6.54 Å². The van der Waals surface area contributed by atoms with Crippen LogP contribution in [0.15, 0.2) is 24.3 Å². The van der Waals surface area contributed by atoms with Gasteiger partial charge in [0.1, 0.15) is 6.54 Å². The van der Waals surface area contributed by atoms with Crippen molar-refractivity contribution in [1.29, 1.82) is 0 Å². The highest BCUT2D eigenvalue weighted by Gasteiger charge is 2.11. The van der Waals surface area contributed by atoms with Crippen molar-refractivity contribution < 1.29 is 9.90 Å². The van der Waals surface area contributed by atoms with E-state index in [1.54, 1.807) is 11.0 Å². The second-order valence-corrected chi connectivity index (χ2v) is 3.37. The number of anilines is 2. The molecular formula is C11H16N2O2. The van der Waals surface area contributed by atoms with E-state index in [1.165, 1.54) is 0 Å². The fourth-order valence-corrected chi connectivity index (χ4v) is 1.49. The third-order valence-corrected chi connectivity index (χ3v) is 2.10. The van der Waals surface area contributed by atoms with Gasteiger partial charge in [-0.3, -0.25) is 4.79 Å². The number of hydrogen-bond donors (Lipinski definition) is 2. The number of hydrogen-bond acceptors (Lipinski definition) is 3. The predicted molar refractivity (Wildman–Crippen MR) is 61.0 cm³/mol. The molecule has 0 aliphatic heterocycles. The summed E-state index contributed by atoms with van der Waals surface area (Å²) in [7, 11) is 0. The molecule has 0 saturated carbocycles. The van der Waals surface area contributed by atoms with Gasteiger partial charge in [-0.2, -0.15) is 0 Å². The number of para-hydroxylation sites is 2. The Morgan fingerprint density at radius 1 is 1.47 bits per heavy atom. The lowest BCUT2D eigenvalue weighted by atomic mass is 10.2. The van der Waals surface area contributed by atoms with E-state index >= 15 is 0 Å². The summed E-state index contributed by atoms with van der Waals surface area (Å²) < 4.78 is 0. The molecule has 0 radical (unpaired) electrons. The summed E-state index contributed by atoms with van der Waals surface area (Å²) in [6, 6.07) is 7.31. The first-order chi connectivity index (χ1) is 7.15. The average molecular weight is 208 g/mol. The molecular weight excluding hydrogens is 192 g/mol. The first-order valence-corrected chi connectivity index (χ1v) is 4.96. The topological polar surface area (TPSA) is 66.6 Å². The first kappa shape index (κ1) is 11.4. The van der Waals surface area contributed by atoms with Gasteiger partial charge in [0, 0.05) is 6.54 Å². The van der Waals surface area contributed by atoms with E-state index in [0.717, 1.165) is 12.1 Å². The van der Waals surface area contributed by atoms with Crippen LogP contribution < -0.4 is 10.6 Å². The van der Waals surface area contributed by atoms with Crippen LogP contribution in [0.25, 0.3) is 0 Å². The molecule has 0 bridgehead atoms. The average Bonchev–Trinajstić information content (AvgIpc) is 2.17. The molecule has 0 aromatic heterocycles. The van der Waals surface area contributed by atoms with Crippen LogP contribution in [0.1, 0.15) is 13.3 Å². The third-order valence-electron chi connectivity index (χ3n) is 2.10. The summed E-state index contributed by atoms with van der Waals surface area (Å²) >= 11 is 0. The predicted octanol–water partition coefficient (Wildman–Crippen LogP) is 1.57.